The van der Waals surface area contributed by atoms with Crippen molar-refractivity contribution in [3.8, 4) is 5.82 Å². The maximum atomic E-state index is 13.9. The molecular weight excluding hydrogens is 666 g/mol. The Morgan fingerprint density at radius 2 is 1.81 bits per heavy atom. The van der Waals surface area contributed by atoms with Crippen molar-refractivity contribution in [3.05, 3.63) is 120 Å². The van der Waals surface area contributed by atoms with Crippen LogP contribution in [0.5, 0.6) is 0 Å². The summed E-state index contributed by atoms with van der Waals surface area (Å²) in [4.78, 5) is 42.8. The van der Waals surface area contributed by atoms with Crippen molar-refractivity contribution in [2.75, 3.05) is 0 Å². The molecule has 0 saturated heterocycles. The van der Waals surface area contributed by atoms with Crippen molar-refractivity contribution in [1.82, 2.24) is 40.3 Å². The Bertz CT molecular complexity index is 2000. The number of carbonyl (C=O) groups excluding carboxylic acids is 2. The van der Waals surface area contributed by atoms with E-state index in [1.54, 1.807) is 26.0 Å². The molecule has 2 aromatic carbocycles. The van der Waals surface area contributed by atoms with Gasteiger partial charge in [0.25, 0.3) is 17.4 Å². The van der Waals surface area contributed by atoms with E-state index in [1.807, 2.05) is 0 Å². The fraction of sp³-hybridized carbons (Fsp3) is 0.207. The standard InChI is InChI=1S/C29H22Cl2F3N9O4/c1-15-10-18(30)11-22(27(45)36-16(2)17-5-7-20(8-6-17)43(46)47)21(15)13-25(44)24-12-19(14-41-39-28(37-40-41)29(32,33)34)38-42(24)26-23(31)4-3-9-35-26/h3-12,16H,13-14H2,1-2H3,(H,36,45)/t16-/m1/s1. The molecule has 0 aliphatic carbocycles. The van der Waals surface area contributed by atoms with Crippen molar-refractivity contribution in [3.63, 3.8) is 0 Å². The van der Waals surface area contributed by atoms with Gasteiger partial charge in [-0.3, -0.25) is 19.7 Å². The minimum atomic E-state index is -4.81. The van der Waals surface area contributed by atoms with Gasteiger partial charge in [-0.15, -0.1) is 10.2 Å². The van der Waals surface area contributed by atoms with E-state index < -0.39 is 34.7 Å². The number of aryl methyl sites for hydroxylation is 1. The summed E-state index contributed by atoms with van der Waals surface area (Å²) in [5.74, 6) is -2.44. The Labute approximate surface area is 273 Å². The van der Waals surface area contributed by atoms with Crippen LogP contribution in [0.25, 0.3) is 5.82 Å². The quantitative estimate of drug-likeness (QED) is 0.109. The molecule has 0 aliphatic heterocycles. The third kappa shape index (κ3) is 7.44. The zero-order chi connectivity index (χ0) is 34.0. The number of nitro groups is 1. The van der Waals surface area contributed by atoms with E-state index in [-0.39, 0.29) is 51.5 Å². The van der Waals surface area contributed by atoms with Gasteiger partial charge in [-0.1, -0.05) is 35.3 Å². The molecule has 1 amide bonds. The Morgan fingerprint density at radius 3 is 2.45 bits per heavy atom. The summed E-state index contributed by atoms with van der Waals surface area (Å²) < 4.78 is 40.2. The molecule has 47 heavy (non-hydrogen) atoms. The lowest BCUT2D eigenvalue weighted by molar-refractivity contribution is -0.384. The van der Waals surface area contributed by atoms with Crippen LogP contribution in [0.4, 0.5) is 18.9 Å². The zero-order valence-corrected chi connectivity index (χ0v) is 25.9. The first-order chi connectivity index (χ1) is 22.2. The number of aromatic nitrogens is 7. The molecule has 0 spiro atoms. The molecule has 5 aromatic rings. The van der Waals surface area contributed by atoms with E-state index >= 15 is 0 Å². The van der Waals surface area contributed by atoms with Crippen LogP contribution in [0.1, 0.15) is 62.0 Å². The number of Topliss-reactive ketones (excluding diaryl/α,β-unsaturated/α-hetero) is 1. The predicted molar refractivity (Wildman–Crippen MR) is 161 cm³/mol. The highest BCUT2D eigenvalue weighted by Gasteiger charge is 2.37. The lowest BCUT2D eigenvalue weighted by Gasteiger charge is -2.18. The van der Waals surface area contributed by atoms with Crippen LogP contribution in [0.2, 0.25) is 10.0 Å². The highest BCUT2D eigenvalue weighted by atomic mass is 35.5. The van der Waals surface area contributed by atoms with E-state index in [1.165, 1.54) is 48.7 Å². The molecule has 3 heterocycles. The number of alkyl halides is 3. The van der Waals surface area contributed by atoms with Crippen LogP contribution >= 0.6 is 23.2 Å². The number of hydrogen-bond acceptors (Lipinski definition) is 9. The normalized spacial score (nSPS) is 12.1. The Balaban J connectivity index is 1.46. The summed E-state index contributed by atoms with van der Waals surface area (Å²) in [7, 11) is 0. The third-order valence-corrected chi connectivity index (χ3v) is 7.48. The molecule has 242 valence electrons. The minimum absolute atomic E-state index is 0.0308. The van der Waals surface area contributed by atoms with Crippen molar-refractivity contribution in [2.45, 2.75) is 39.0 Å². The van der Waals surface area contributed by atoms with Crippen molar-refractivity contribution in [1.29, 1.82) is 0 Å². The first-order valence-corrected chi connectivity index (χ1v) is 14.4. The predicted octanol–water partition coefficient (Wildman–Crippen LogP) is 5.76. The van der Waals surface area contributed by atoms with Crippen LogP contribution in [-0.2, 0) is 19.1 Å². The summed E-state index contributed by atoms with van der Waals surface area (Å²) in [6, 6.07) is 12.6. The van der Waals surface area contributed by atoms with Gasteiger partial charge in [-0.25, -0.2) is 9.67 Å². The topological polar surface area (TPSA) is 164 Å². The number of carbonyl (C=O) groups is 2. The second-order valence-electron chi connectivity index (χ2n) is 10.3. The van der Waals surface area contributed by atoms with Crippen molar-refractivity contribution >= 4 is 40.6 Å². The molecule has 1 atom stereocenters. The molecule has 0 aliphatic rings. The number of benzene rings is 2. The molecule has 1 N–H and O–H groups in total. The number of non-ortho nitro benzene ring substituents is 1. The van der Waals surface area contributed by atoms with Gasteiger partial charge in [0.1, 0.15) is 12.2 Å². The SMILES string of the molecule is Cc1cc(Cl)cc(C(=O)N[C@H](C)c2ccc([N+](=O)[O-])cc2)c1CC(=O)c1cc(Cn2nnc(C(F)(F)F)n2)nn1-c1ncccc1Cl. The second kappa shape index (κ2) is 13.3. The first kappa shape index (κ1) is 33.2. The van der Waals surface area contributed by atoms with E-state index in [0.717, 1.165) is 4.68 Å². The number of amides is 1. The number of nitrogens with zero attached hydrogens (tertiary/aromatic N) is 8. The monoisotopic (exact) mass is 687 g/mol. The van der Waals surface area contributed by atoms with Gasteiger partial charge in [0.05, 0.1) is 21.7 Å². The Hall–Kier alpha value is -5.22. The van der Waals surface area contributed by atoms with Gasteiger partial charge in [-0.05, 0) is 66.1 Å². The lowest BCUT2D eigenvalue weighted by Crippen LogP contribution is -2.28. The number of ketones is 1. The van der Waals surface area contributed by atoms with Crippen LogP contribution in [0, 0.1) is 17.0 Å². The number of rotatable bonds is 10. The van der Waals surface area contributed by atoms with E-state index in [0.29, 0.717) is 21.5 Å². The van der Waals surface area contributed by atoms with Crippen molar-refractivity contribution in [2.24, 2.45) is 0 Å². The first-order valence-electron chi connectivity index (χ1n) is 13.6. The third-order valence-electron chi connectivity index (χ3n) is 6.97. The van der Waals surface area contributed by atoms with Gasteiger partial charge < -0.3 is 5.32 Å². The number of nitro benzene ring substituents is 1. The summed E-state index contributed by atoms with van der Waals surface area (Å²) in [5.41, 5.74) is 1.57. The molecule has 0 bridgehead atoms. The molecule has 0 unspecified atom stereocenters. The molecule has 0 fully saturated rings. The summed E-state index contributed by atoms with van der Waals surface area (Å²) >= 11 is 12.6. The van der Waals surface area contributed by atoms with Gasteiger partial charge in [0.2, 0.25) is 0 Å². The van der Waals surface area contributed by atoms with Crippen LogP contribution in [0.3, 0.4) is 0 Å². The largest absolute Gasteiger partial charge is 0.455 e. The van der Waals surface area contributed by atoms with Gasteiger partial charge in [-0.2, -0.15) is 23.1 Å². The maximum Gasteiger partial charge on any atom is 0.455 e. The molecule has 13 nitrogen and oxygen atoms in total. The summed E-state index contributed by atoms with van der Waals surface area (Å²) in [5, 5.41) is 28.3. The zero-order valence-electron chi connectivity index (χ0n) is 24.4. The smallest absolute Gasteiger partial charge is 0.346 e. The average Bonchev–Trinajstić information content (AvgIpc) is 3.66. The molecule has 18 heteroatoms. The molecule has 0 radical (unpaired) electrons. The number of tetrazole rings is 1. The number of pyridine rings is 1. The number of halogens is 5. The average molecular weight is 688 g/mol. The van der Waals surface area contributed by atoms with Crippen molar-refractivity contribution < 1.29 is 27.7 Å². The Morgan fingerprint density at radius 1 is 1.09 bits per heavy atom. The second-order valence-corrected chi connectivity index (χ2v) is 11.1. The van der Waals surface area contributed by atoms with Gasteiger partial charge in [0, 0.05) is 35.3 Å². The molecule has 0 saturated carbocycles. The lowest BCUT2D eigenvalue weighted by atomic mass is 9.95. The molecular formula is C29H22Cl2F3N9O4. The maximum absolute atomic E-state index is 13.9. The van der Waals surface area contributed by atoms with Crippen LogP contribution in [0.15, 0.2) is 60.8 Å². The Kier molecular flexibility index (Phi) is 9.35. The minimum Gasteiger partial charge on any atom is -0.346 e. The fourth-order valence-electron chi connectivity index (χ4n) is 4.67. The summed E-state index contributed by atoms with van der Waals surface area (Å²) in [6.45, 7) is 3.01. The fourth-order valence-corrected chi connectivity index (χ4v) is 5.15. The molecule has 3 aromatic heterocycles. The molecule has 5 rings (SSSR count). The highest BCUT2D eigenvalue weighted by Crippen LogP contribution is 2.27. The number of hydrogen-bond donors (Lipinski definition) is 1. The van der Waals surface area contributed by atoms with E-state index in [2.05, 4.69) is 30.8 Å². The van der Waals surface area contributed by atoms with Crippen LogP contribution in [-0.4, -0.2) is 51.6 Å². The number of nitrogens with one attached hydrogen (secondary N) is 1. The summed E-state index contributed by atoms with van der Waals surface area (Å²) in [6.07, 6.45) is -3.70. The van der Waals surface area contributed by atoms with Crippen LogP contribution < -0.4 is 5.32 Å². The van der Waals surface area contributed by atoms with E-state index in [9.17, 15) is 32.9 Å². The van der Waals surface area contributed by atoms with E-state index in [4.69, 9.17) is 23.2 Å². The highest BCUT2D eigenvalue weighted by molar-refractivity contribution is 6.32. The van der Waals surface area contributed by atoms with Gasteiger partial charge in [0.15, 0.2) is 11.6 Å². The van der Waals surface area contributed by atoms with Gasteiger partial charge >= 0.3 is 6.18 Å².